The zero-order valence-electron chi connectivity index (χ0n) is 6.76. The first-order valence-corrected chi connectivity index (χ1v) is 3.86. The van der Waals surface area contributed by atoms with Crippen molar-refractivity contribution in [3.8, 4) is 0 Å². The van der Waals surface area contributed by atoms with Crippen molar-refractivity contribution < 1.29 is 9.84 Å². The molecule has 1 N–H and O–H groups in total. The molecule has 0 aliphatic carbocycles. The smallest absolute Gasteiger partial charge is 0.0806 e. The molecule has 2 nitrogen and oxygen atoms in total. The summed E-state index contributed by atoms with van der Waals surface area (Å²) in [4.78, 5) is 0. The summed E-state index contributed by atoms with van der Waals surface area (Å²) in [5, 5.41) is 8.74. The van der Waals surface area contributed by atoms with Crippen molar-refractivity contribution >= 4 is 0 Å². The van der Waals surface area contributed by atoms with Crippen molar-refractivity contribution in [3.63, 3.8) is 0 Å². The zero-order chi connectivity index (χ0) is 7.61. The van der Waals surface area contributed by atoms with E-state index in [-0.39, 0.29) is 12.7 Å². The third-order valence-electron chi connectivity index (χ3n) is 2.06. The van der Waals surface area contributed by atoms with Gasteiger partial charge in [0.2, 0.25) is 0 Å². The van der Waals surface area contributed by atoms with Crippen LogP contribution in [0.25, 0.3) is 0 Å². The molecule has 1 aliphatic heterocycles. The summed E-state index contributed by atoms with van der Waals surface area (Å²) in [5.74, 6) is 0. The highest BCUT2D eigenvalue weighted by atomic mass is 16.5. The number of ether oxygens (including phenoxy) is 1. The molecule has 0 saturated carbocycles. The third kappa shape index (κ3) is 1.96. The van der Waals surface area contributed by atoms with Crippen LogP contribution in [0.3, 0.4) is 0 Å². The van der Waals surface area contributed by atoms with Gasteiger partial charge in [0.15, 0.2) is 0 Å². The van der Waals surface area contributed by atoms with Gasteiger partial charge in [0.1, 0.15) is 0 Å². The standard InChI is InChI=1S/C8H16O2/c1-8(2)4-3-7(5-9)10-6-8/h7,9H,3-6H2,1-2H3/t7-/m1/s1. The van der Waals surface area contributed by atoms with Crippen LogP contribution in [-0.2, 0) is 4.74 Å². The fraction of sp³-hybridized carbons (Fsp3) is 1.00. The van der Waals surface area contributed by atoms with Crippen LogP contribution in [0.4, 0.5) is 0 Å². The van der Waals surface area contributed by atoms with Gasteiger partial charge < -0.3 is 9.84 Å². The lowest BCUT2D eigenvalue weighted by molar-refractivity contribution is -0.0691. The lowest BCUT2D eigenvalue weighted by Crippen LogP contribution is -2.33. The highest BCUT2D eigenvalue weighted by Gasteiger charge is 2.26. The molecule has 0 aromatic carbocycles. The Morgan fingerprint density at radius 2 is 2.30 bits per heavy atom. The molecule has 0 bridgehead atoms. The van der Waals surface area contributed by atoms with Crippen molar-refractivity contribution in [2.75, 3.05) is 13.2 Å². The van der Waals surface area contributed by atoms with Crippen LogP contribution in [0.1, 0.15) is 26.7 Å². The summed E-state index contributed by atoms with van der Waals surface area (Å²) in [6.45, 7) is 5.36. The van der Waals surface area contributed by atoms with Crippen LogP contribution in [0.5, 0.6) is 0 Å². The topological polar surface area (TPSA) is 29.5 Å². The molecule has 1 rings (SSSR count). The van der Waals surface area contributed by atoms with E-state index in [1.54, 1.807) is 0 Å². The summed E-state index contributed by atoms with van der Waals surface area (Å²) in [5.41, 5.74) is 0.325. The van der Waals surface area contributed by atoms with Crippen LogP contribution in [0, 0.1) is 5.41 Å². The summed E-state index contributed by atoms with van der Waals surface area (Å²) >= 11 is 0. The highest BCUT2D eigenvalue weighted by molar-refractivity contribution is 4.75. The van der Waals surface area contributed by atoms with Gasteiger partial charge >= 0.3 is 0 Å². The Morgan fingerprint density at radius 3 is 2.70 bits per heavy atom. The van der Waals surface area contributed by atoms with E-state index in [4.69, 9.17) is 9.84 Å². The summed E-state index contributed by atoms with van der Waals surface area (Å²) in [6.07, 6.45) is 2.27. The predicted molar refractivity (Wildman–Crippen MR) is 39.8 cm³/mol. The van der Waals surface area contributed by atoms with Gasteiger partial charge in [-0.3, -0.25) is 0 Å². The maximum absolute atomic E-state index is 8.74. The molecule has 0 radical (unpaired) electrons. The monoisotopic (exact) mass is 144 g/mol. The normalized spacial score (nSPS) is 32.1. The van der Waals surface area contributed by atoms with Crippen LogP contribution in [0.2, 0.25) is 0 Å². The van der Waals surface area contributed by atoms with Gasteiger partial charge in [0, 0.05) is 0 Å². The minimum atomic E-state index is 0.105. The van der Waals surface area contributed by atoms with Gasteiger partial charge in [0.25, 0.3) is 0 Å². The molecule has 0 aromatic heterocycles. The predicted octanol–water partition coefficient (Wildman–Crippen LogP) is 1.18. The Balaban J connectivity index is 2.31. The quantitative estimate of drug-likeness (QED) is 0.599. The first kappa shape index (κ1) is 8.02. The summed E-state index contributed by atoms with van der Waals surface area (Å²) < 4.78 is 5.39. The third-order valence-corrected chi connectivity index (χ3v) is 2.06. The van der Waals surface area contributed by atoms with Crippen LogP contribution >= 0.6 is 0 Å². The Bertz CT molecular complexity index is 99.8. The molecule has 1 aliphatic rings. The molecule has 0 amide bonds. The maximum Gasteiger partial charge on any atom is 0.0806 e. The van der Waals surface area contributed by atoms with Gasteiger partial charge in [-0.15, -0.1) is 0 Å². The molecule has 1 heterocycles. The average Bonchev–Trinajstić information content (AvgIpc) is 1.88. The Hall–Kier alpha value is -0.0800. The second-order valence-corrected chi connectivity index (χ2v) is 3.82. The van der Waals surface area contributed by atoms with E-state index in [2.05, 4.69) is 13.8 Å². The second-order valence-electron chi connectivity index (χ2n) is 3.82. The second kappa shape index (κ2) is 2.89. The van der Waals surface area contributed by atoms with E-state index in [1.807, 2.05) is 0 Å². The van der Waals surface area contributed by atoms with E-state index in [0.717, 1.165) is 19.4 Å². The molecule has 0 unspecified atom stereocenters. The molecular formula is C8H16O2. The van der Waals surface area contributed by atoms with Crippen LogP contribution < -0.4 is 0 Å². The largest absolute Gasteiger partial charge is 0.394 e. The fourth-order valence-electron chi connectivity index (χ4n) is 1.19. The van der Waals surface area contributed by atoms with Gasteiger partial charge in [-0.25, -0.2) is 0 Å². The van der Waals surface area contributed by atoms with Gasteiger partial charge in [-0.05, 0) is 18.3 Å². The number of aliphatic hydroxyl groups is 1. The number of aliphatic hydroxyl groups excluding tert-OH is 1. The van der Waals surface area contributed by atoms with E-state index in [0.29, 0.717) is 5.41 Å². The van der Waals surface area contributed by atoms with E-state index in [1.165, 1.54) is 0 Å². The minimum Gasteiger partial charge on any atom is -0.394 e. The number of hydrogen-bond acceptors (Lipinski definition) is 2. The Labute approximate surface area is 62.2 Å². The van der Waals surface area contributed by atoms with E-state index >= 15 is 0 Å². The van der Waals surface area contributed by atoms with E-state index in [9.17, 15) is 0 Å². The number of hydrogen-bond donors (Lipinski definition) is 1. The van der Waals surface area contributed by atoms with Crippen LogP contribution in [-0.4, -0.2) is 24.4 Å². The van der Waals surface area contributed by atoms with Crippen molar-refractivity contribution in [2.24, 2.45) is 5.41 Å². The Morgan fingerprint density at radius 1 is 1.60 bits per heavy atom. The van der Waals surface area contributed by atoms with Gasteiger partial charge in [0.05, 0.1) is 19.3 Å². The average molecular weight is 144 g/mol. The summed E-state index contributed by atoms with van der Waals surface area (Å²) in [7, 11) is 0. The van der Waals surface area contributed by atoms with Crippen molar-refractivity contribution in [1.29, 1.82) is 0 Å². The first-order valence-electron chi connectivity index (χ1n) is 3.86. The van der Waals surface area contributed by atoms with Gasteiger partial charge in [-0.1, -0.05) is 13.8 Å². The van der Waals surface area contributed by atoms with Crippen molar-refractivity contribution in [2.45, 2.75) is 32.8 Å². The first-order chi connectivity index (χ1) is 4.64. The number of rotatable bonds is 1. The summed E-state index contributed by atoms with van der Waals surface area (Å²) in [6, 6.07) is 0. The minimum absolute atomic E-state index is 0.105. The molecule has 1 atom stereocenters. The fourth-order valence-corrected chi connectivity index (χ4v) is 1.19. The molecular weight excluding hydrogens is 128 g/mol. The molecule has 0 spiro atoms. The molecule has 0 aromatic rings. The van der Waals surface area contributed by atoms with Crippen LogP contribution in [0.15, 0.2) is 0 Å². The Kier molecular flexibility index (Phi) is 2.32. The lowest BCUT2D eigenvalue weighted by Gasteiger charge is -2.33. The SMILES string of the molecule is CC1(C)CC[C@H](CO)OC1. The van der Waals surface area contributed by atoms with Crippen molar-refractivity contribution in [3.05, 3.63) is 0 Å². The molecule has 2 heteroatoms. The van der Waals surface area contributed by atoms with Gasteiger partial charge in [-0.2, -0.15) is 0 Å². The lowest BCUT2D eigenvalue weighted by atomic mass is 9.85. The molecule has 10 heavy (non-hydrogen) atoms. The zero-order valence-corrected chi connectivity index (χ0v) is 6.76. The van der Waals surface area contributed by atoms with Crippen molar-refractivity contribution in [1.82, 2.24) is 0 Å². The molecule has 1 fully saturated rings. The highest BCUT2D eigenvalue weighted by Crippen LogP contribution is 2.29. The maximum atomic E-state index is 8.74. The van der Waals surface area contributed by atoms with E-state index < -0.39 is 0 Å². The molecule has 60 valence electrons. The molecule has 1 saturated heterocycles.